The Kier molecular flexibility index (Phi) is 4.39. The number of nitrogen functional groups attached to an aromatic ring is 1. The molecule has 2 aromatic rings. The maximum Gasteiger partial charge on any atom is 0.255 e. The second kappa shape index (κ2) is 6.05. The minimum Gasteiger partial charge on any atom is -0.397 e. The van der Waals surface area contributed by atoms with Gasteiger partial charge in [-0.2, -0.15) is 0 Å². The van der Waals surface area contributed by atoms with E-state index in [4.69, 9.17) is 5.73 Å². The Morgan fingerprint density at radius 3 is 2.95 bits per heavy atom. The van der Waals surface area contributed by atoms with Crippen LogP contribution in [0.25, 0.3) is 0 Å². The minimum atomic E-state index is -0.0358. The van der Waals surface area contributed by atoms with E-state index in [0.717, 1.165) is 6.42 Å². The van der Waals surface area contributed by atoms with Crippen molar-refractivity contribution in [3.05, 3.63) is 45.9 Å². The third kappa shape index (κ3) is 3.17. The zero-order chi connectivity index (χ0) is 14.7. The van der Waals surface area contributed by atoms with Crippen molar-refractivity contribution in [2.75, 3.05) is 12.8 Å². The van der Waals surface area contributed by atoms with Crippen LogP contribution in [0.15, 0.2) is 29.8 Å². The normalized spacial score (nSPS) is 12.2. The molecule has 2 rings (SSSR count). The maximum atomic E-state index is 12.5. The number of hydrogen-bond donors (Lipinski definition) is 1. The molecule has 0 aromatic carbocycles. The SMILES string of the molecule is Cc1ncc(N)cc1C(=O)N(C)C(C)Cc1cccs1. The van der Waals surface area contributed by atoms with Crippen LogP contribution in [-0.4, -0.2) is 28.9 Å². The van der Waals surface area contributed by atoms with Gasteiger partial charge in [-0.1, -0.05) is 6.07 Å². The van der Waals surface area contributed by atoms with Crippen molar-refractivity contribution in [1.82, 2.24) is 9.88 Å². The van der Waals surface area contributed by atoms with E-state index < -0.39 is 0 Å². The van der Waals surface area contributed by atoms with Gasteiger partial charge in [0.2, 0.25) is 0 Å². The molecule has 1 unspecified atom stereocenters. The number of rotatable bonds is 4. The number of carbonyl (C=O) groups is 1. The summed E-state index contributed by atoms with van der Waals surface area (Å²) < 4.78 is 0. The average Bonchev–Trinajstić information content (AvgIpc) is 2.92. The molecule has 20 heavy (non-hydrogen) atoms. The summed E-state index contributed by atoms with van der Waals surface area (Å²) in [6.07, 6.45) is 2.43. The van der Waals surface area contributed by atoms with Crippen LogP contribution in [0.2, 0.25) is 0 Å². The molecule has 1 atom stereocenters. The summed E-state index contributed by atoms with van der Waals surface area (Å²) in [5, 5.41) is 2.05. The summed E-state index contributed by atoms with van der Waals surface area (Å²) in [4.78, 5) is 19.7. The van der Waals surface area contributed by atoms with Crippen LogP contribution in [0.1, 0.15) is 27.9 Å². The van der Waals surface area contributed by atoms with E-state index in [1.165, 1.54) is 4.88 Å². The Morgan fingerprint density at radius 2 is 2.30 bits per heavy atom. The third-order valence-corrected chi connectivity index (χ3v) is 4.30. The Bertz CT molecular complexity index is 595. The highest BCUT2D eigenvalue weighted by Gasteiger charge is 2.20. The highest BCUT2D eigenvalue weighted by atomic mass is 32.1. The van der Waals surface area contributed by atoms with Crippen LogP contribution in [-0.2, 0) is 6.42 Å². The molecule has 0 aliphatic carbocycles. The number of aryl methyl sites for hydroxylation is 1. The topological polar surface area (TPSA) is 59.2 Å². The van der Waals surface area contributed by atoms with Crippen LogP contribution in [0.4, 0.5) is 5.69 Å². The quantitative estimate of drug-likeness (QED) is 0.941. The average molecular weight is 289 g/mol. The van der Waals surface area contributed by atoms with Crippen molar-refractivity contribution in [2.45, 2.75) is 26.3 Å². The summed E-state index contributed by atoms with van der Waals surface area (Å²) in [5.41, 5.74) is 7.51. The molecule has 0 saturated carbocycles. The summed E-state index contributed by atoms with van der Waals surface area (Å²) in [6.45, 7) is 3.87. The van der Waals surface area contributed by atoms with Gasteiger partial charge in [0, 0.05) is 24.4 Å². The van der Waals surface area contributed by atoms with E-state index in [1.54, 1.807) is 28.5 Å². The molecule has 2 heterocycles. The molecule has 2 aromatic heterocycles. The van der Waals surface area contributed by atoms with Gasteiger partial charge >= 0.3 is 0 Å². The van der Waals surface area contributed by atoms with Crippen LogP contribution in [0, 0.1) is 6.92 Å². The molecule has 1 amide bonds. The fourth-order valence-corrected chi connectivity index (χ4v) is 2.84. The molecular weight excluding hydrogens is 270 g/mol. The number of nitrogens with zero attached hydrogens (tertiary/aromatic N) is 2. The summed E-state index contributed by atoms with van der Waals surface area (Å²) in [5.74, 6) is -0.0358. The molecule has 106 valence electrons. The van der Waals surface area contributed by atoms with Gasteiger partial charge in [0.15, 0.2) is 0 Å². The van der Waals surface area contributed by atoms with Crippen LogP contribution in [0.3, 0.4) is 0 Å². The van der Waals surface area contributed by atoms with E-state index in [9.17, 15) is 4.79 Å². The lowest BCUT2D eigenvalue weighted by atomic mass is 10.1. The van der Waals surface area contributed by atoms with Gasteiger partial charge in [-0.3, -0.25) is 9.78 Å². The first-order valence-electron chi connectivity index (χ1n) is 6.50. The largest absolute Gasteiger partial charge is 0.397 e. The Balaban J connectivity index is 2.13. The molecule has 0 aliphatic rings. The lowest BCUT2D eigenvalue weighted by Crippen LogP contribution is -2.36. The molecule has 0 bridgehead atoms. The number of carbonyl (C=O) groups excluding carboxylic acids is 1. The molecular formula is C15H19N3OS. The zero-order valence-corrected chi connectivity index (χ0v) is 12.8. The number of hydrogen-bond acceptors (Lipinski definition) is 4. The van der Waals surface area contributed by atoms with Gasteiger partial charge in [0.1, 0.15) is 0 Å². The number of aromatic nitrogens is 1. The van der Waals surface area contributed by atoms with E-state index in [2.05, 4.69) is 16.4 Å². The summed E-state index contributed by atoms with van der Waals surface area (Å²) in [7, 11) is 1.82. The Labute approximate surface area is 123 Å². The number of nitrogens with two attached hydrogens (primary N) is 1. The lowest BCUT2D eigenvalue weighted by molar-refractivity contribution is 0.0743. The van der Waals surface area contributed by atoms with Gasteiger partial charge in [-0.05, 0) is 31.4 Å². The van der Waals surface area contributed by atoms with Crippen molar-refractivity contribution >= 4 is 22.9 Å². The first-order chi connectivity index (χ1) is 9.49. The van der Waals surface area contributed by atoms with Crippen molar-refractivity contribution in [1.29, 1.82) is 0 Å². The van der Waals surface area contributed by atoms with E-state index in [-0.39, 0.29) is 11.9 Å². The number of pyridine rings is 1. The highest BCUT2D eigenvalue weighted by molar-refractivity contribution is 7.09. The van der Waals surface area contributed by atoms with Crippen molar-refractivity contribution in [3.63, 3.8) is 0 Å². The number of likely N-dealkylation sites (N-methyl/N-ethyl adjacent to an activating group) is 1. The smallest absolute Gasteiger partial charge is 0.255 e. The van der Waals surface area contributed by atoms with E-state index >= 15 is 0 Å². The zero-order valence-electron chi connectivity index (χ0n) is 12.0. The number of thiophene rings is 1. The third-order valence-electron chi connectivity index (χ3n) is 3.40. The molecule has 0 radical (unpaired) electrons. The molecule has 0 spiro atoms. The van der Waals surface area contributed by atoms with Crippen LogP contribution >= 0.6 is 11.3 Å². The van der Waals surface area contributed by atoms with Crippen molar-refractivity contribution in [3.8, 4) is 0 Å². The van der Waals surface area contributed by atoms with Gasteiger partial charge in [0.25, 0.3) is 5.91 Å². The van der Waals surface area contributed by atoms with Crippen molar-refractivity contribution < 1.29 is 4.79 Å². The van der Waals surface area contributed by atoms with Gasteiger partial charge in [-0.15, -0.1) is 11.3 Å². The lowest BCUT2D eigenvalue weighted by Gasteiger charge is -2.25. The summed E-state index contributed by atoms with van der Waals surface area (Å²) >= 11 is 1.71. The Morgan fingerprint density at radius 1 is 1.55 bits per heavy atom. The second-order valence-corrected chi connectivity index (χ2v) is 5.98. The van der Waals surface area contributed by atoms with Gasteiger partial charge < -0.3 is 10.6 Å². The Hall–Kier alpha value is -1.88. The monoisotopic (exact) mass is 289 g/mol. The van der Waals surface area contributed by atoms with E-state index in [1.807, 2.05) is 27.0 Å². The van der Waals surface area contributed by atoms with Gasteiger partial charge in [0.05, 0.1) is 23.1 Å². The van der Waals surface area contributed by atoms with Crippen LogP contribution < -0.4 is 5.73 Å². The molecule has 4 nitrogen and oxygen atoms in total. The molecule has 0 saturated heterocycles. The maximum absolute atomic E-state index is 12.5. The first-order valence-corrected chi connectivity index (χ1v) is 7.38. The molecule has 0 aliphatic heterocycles. The number of amides is 1. The fraction of sp³-hybridized carbons (Fsp3) is 0.333. The number of anilines is 1. The fourth-order valence-electron chi connectivity index (χ4n) is 2.01. The second-order valence-electron chi connectivity index (χ2n) is 4.95. The predicted molar refractivity (Wildman–Crippen MR) is 83.0 cm³/mol. The molecule has 5 heteroatoms. The van der Waals surface area contributed by atoms with Gasteiger partial charge in [-0.25, -0.2) is 0 Å². The standard InChI is InChI=1S/C15H19N3OS/c1-10(7-13-5-4-6-20-13)18(3)15(19)14-8-12(16)9-17-11(14)2/h4-6,8-10H,7,16H2,1-3H3. The van der Waals surface area contributed by atoms with Crippen LogP contribution in [0.5, 0.6) is 0 Å². The molecule has 2 N–H and O–H groups in total. The van der Waals surface area contributed by atoms with E-state index in [0.29, 0.717) is 16.9 Å². The predicted octanol–water partition coefficient (Wildman–Crippen LogP) is 2.74. The minimum absolute atomic E-state index is 0.0358. The highest BCUT2D eigenvalue weighted by Crippen LogP contribution is 2.17. The first kappa shape index (κ1) is 14.5. The molecule has 0 fully saturated rings. The van der Waals surface area contributed by atoms with Crippen molar-refractivity contribution in [2.24, 2.45) is 0 Å². The summed E-state index contributed by atoms with van der Waals surface area (Å²) in [6, 6.07) is 5.94.